The molecule has 2 aromatic rings. The Balaban J connectivity index is 1.62. The van der Waals surface area contributed by atoms with Gasteiger partial charge in [-0.1, -0.05) is 23.9 Å². The molecule has 0 bridgehead atoms. The van der Waals surface area contributed by atoms with Crippen molar-refractivity contribution in [1.29, 1.82) is 0 Å². The second-order valence-electron chi connectivity index (χ2n) is 7.12. The summed E-state index contributed by atoms with van der Waals surface area (Å²) in [6, 6.07) is 13.0. The van der Waals surface area contributed by atoms with Crippen molar-refractivity contribution >= 4 is 46.7 Å². The summed E-state index contributed by atoms with van der Waals surface area (Å²) in [6.45, 7) is 2.44. The van der Waals surface area contributed by atoms with Crippen LogP contribution >= 0.6 is 17.6 Å². The van der Waals surface area contributed by atoms with Crippen molar-refractivity contribution in [3.63, 3.8) is 0 Å². The van der Waals surface area contributed by atoms with E-state index >= 15 is 0 Å². The minimum atomic E-state index is -2.24. The largest absolute Gasteiger partial charge is 0.426 e. The zero-order valence-electron chi connectivity index (χ0n) is 18.0. The molecule has 0 radical (unpaired) electrons. The van der Waals surface area contributed by atoms with Crippen molar-refractivity contribution in [2.75, 3.05) is 32.9 Å². The lowest BCUT2D eigenvalue weighted by Gasteiger charge is -2.34. The normalized spacial score (nSPS) is 15.7. The summed E-state index contributed by atoms with van der Waals surface area (Å²) in [5.41, 5.74) is 0.0640. The molecular formula is C21H23N2O8PS2. The molecule has 0 aliphatic carbocycles. The fourth-order valence-electron chi connectivity index (χ4n) is 3.11. The number of hydrogen-bond acceptors (Lipinski definition) is 9. The van der Waals surface area contributed by atoms with E-state index < -0.39 is 22.4 Å². The molecule has 1 saturated heterocycles. The summed E-state index contributed by atoms with van der Waals surface area (Å²) in [5.74, 6) is -1.02. The lowest BCUT2D eigenvalue weighted by molar-refractivity contribution is -0.757. The number of rotatable bonds is 10. The Morgan fingerprint density at radius 2 is 1.79 bits per heavy atom. The molecule has 2 aromatic carbocycles. The Kier molecular flexibility index (Phi) is 9.43. The van der Waals surface area contributed by atoms with Crippen LogP contribution in [0.15, 0.2) is 48.5 Å². The molecule has 34 heavy (non-hydrogen) atoms. The molecule has 3 rings (SSSR count). The molecule has 1 aliphatic rings. The van der Waals surface area contributed by atoms with E-state index in [1.165, 1.54) is 12.1 Å². The van der Waals surface area contributed by atoms with Gasteiger partial charge in [-0.2, -0.15) is 0 Å². The van der Waals surface area contributed by atoms with Crippen molar-refractivity contribution in [3.8, 4) is 11.5 Å². The summed E-state index contributed by atoms with van der Waals surface area (Å²) in [4.78, 5) is 39.1. The lowest BCUT2D eigenvalue weighted by Crippen LogP contribution is -2.35. The van der Waals surface area contributed by atoms with Crippen LogP contribution in [0.4, 0.5) is 0 Å². The maximum Gasteiger partial charge on any atom is 0.347 e. The molecule has 1 fully saturated rings. The van der Waals surface area contributed by atoms with Gasteiger partial charge in [-0.05, 0) is 42.8 Å². The highest BCUT2D eigenvalue weighted by atomic mass is 32.9. The van der Waals surface area contributed by atoms with Crippen LogP contribution in [0.25, 0.3) is 0 Å². The van der Waals surface area contributed by atoms with Crippen LogP contribution in [-0.4, -0.2) is 54.6 Å². The van der Waals surface area contributed by atoms with E-state index in [4.69, 9.17) is 38.3 Å². The zero-order chi connectivity index (χ0) is 24.6. The van der Waals surface area contributed by atoms with Crippen LogP contribution < -0.4 is 14.8 Å². The number of benzene rings is 2. The summed E-state index contributed by atoms with van der Waals surface area (Å²) in [7, 11) is 0. The monoisotopic (exact) mass is 526 g/mol. The zero-order valence-corrected chi connectivity index (χ0v) is 20.6. The molecular weight excluding hydrogens is 503 g/mol. The molecule has 0 spiro atoms. The standard InChI is InChI=1S/C21H23N2O8PS2/c24-20(6-3-13-29-23(26)27)31-19-5-2-1-4-18(19)21(25)30-16-7-9-17(10-8-16)32(33,34)22-11-14-28-15-12-22/h1-2,4-5,7-10H,3,6,11-15H2,(H,33,34). The summed E-state index contributed by atoms with van der Waals surface area (Å²) in [6.07, 6.45) is -0.0150. The van der Waals surface area contributed by atoms with Crippen LogP contribution in [-0.2, 0) is 26.2 Å². The highest BCUT2D eigenvalue weighted by Gasteiger charge is 2.26. The van der Waals surface area contributed by atoms with Crippen LogP contribution in [0.2, 0.25) is 0 Å². The fourth-order valence-corrected chi connectivity index (χ4v) is 6.47. The van der Waals surface area contributed by atoms with Crippen LogP contribution in [0, 0.1) is 10.1 Å². The molecule has 1 aliphatic heterocycles. The molecule has 0 saturated carbocycles. The molecule has 0 amide bonds. The van der Waals surface area contributed by atoms with Gasteiger partial charge in [0.15, 0.2) is 0 Å². The molecule has 1 unspecified atom stereocenters. The van der Waals surface area contributed by atoms with Gasteiger partial charge in [-0.15, -0.1) is 22.4 Å². The minimum absolute atomic E-state index is 0.0301. The third-order valence-electron chi connectivity index (χ3n) is 4.81. The van der Waals surface area contributed by atoms with E-state index in [-0.39, 0.29) is 30.8 Å². The van der Waals surface area contributed by atoms with Crippen LogP contribution in [0.1, 0.15) is 23.2 Å². The van der Waals surface area contributed by atoms with Gasteiger partial charge in [0.2, 0.25) is 0 Å². The third-order valence-corrected chi connectivity index (χ3v) is 9.72. The first-order chi connectivity index (χ1) is 16.3. The quantitative estimate of drug-likeness (QED) is 0.0942. The Morgan fingerprint density at radius 1 is 1.12 bits per heavy atom. The van der Waals surface area contributed by atoms with Gasteiger partial charge in [0.25, 0.3) is 5.09 Å². The number of thiol groups is 1. The Bertz CT molecular complexity index is 1080. The molecule has 13 heteroatoms. The van der Waals surface area contributed by atoms with Gasteiger partial charge in [0.1, 0.15) is 17.1 Å². The average Bonchev–Trinajstić information content (AvgIpc) is 2.83. The van der Waals surface area contributed by atoms with Crippen molar-refractivity contribution < 1.29 is 33.7 Å². The number of carbonyl (C=O) groups is 2. The number of carbonyl (C=O) groups excluding carboxylic acids is 2. The number of esters is 2. The van der Waals surface area contributed by atoms with Crippen molar-refractivity contribution in [3.05, 3.63) is 64.2 Å². The topological polar surface area (TPSA) is 117 Å². The summed E-state index contributed by atoms with van der Waals surface area (Å²) >= 11 is 10.6. The van der Waals surface area contributed by atoms with E-state index in [2.05, 4.69) is 9.51 Å². The smallest absolute Gasteiger partial charge is 0.347 e. The van der Waals surface area contributed by atoms with E-state index in [0.717, 1.165) is 18.4 Å². The van der Waals surface area contributed by atoms with Gasteiger partial charge < -0.3 is 19.0 Å². The summed E-state index contributed by atoms with van der Waals surface area (Å²) in [5, 5.41) is 7.86. The van der Waals surface area contributed by atoms with Crippen LogP contribution in [0.5, 0.6) is 11.5 Å². The van der Waals surface area contributed by atoms with Crippen molar-refractivity contribution in [2.24, 2.45) is 0 Å². The molecule has 0 aromatic heterocycles. The SMILES string of the molecule is O=C(CCCO[N+](=O)[O-])Oc1ccccc1C(=O)Oc1ccc(P(=S)(S)N2CCOCC2)cc1. The van der Waals surface area contributed by atoms with Crippen LogP contribution in [0.3, 0.4) is 0 Å². The second-order valence-corrected chi connectivity index (χ2v) is 13.4. The Hall–Kier alpha value is -2.50. The first-order valence-corrected chi connectivity index (χ1v) is 14.2. The third kappa shape index (κ3) is 7.25. The fraction of sp³-hybridized carbons (Fsp3) is 0.333. The van der Waals surface area contributed by atoms with Gasteiger partial charge in [-0.25, -0.2) is 4.79 Å². The van der Waals surface area contributed by atoms with E-state index in [1.54, 1.807) is 36.4 Å². The Labute approximate surface area is 206 Å². The van der Waals surface area contributed by atoms with E-state index in [1.807, 2.05) is 0 Å². The maximum absolute atomic E-state index is 12.7. The number of ether oxygens (including phenoxy) is 3. The predicted octanol–water partition coefficient (Wildman–Crippen LogP) is 3.00. The molecule has 10 nitrogen and oxygen atoms in total. The van der Waals surface area contributed by atoms with Gasteiger partial charge in [-0.3, -0.25) is 9.46 Å². The summed E-state index contributed by atoms with van der Waals surface area (Å²) < 4.78 is 18.2. The lowest BCUT2D eigenvalue weighted by atomic mass is 10.2. The molecule has 1 atom stereocenters. The highest BCUT2D eigenvalue weighted by Crippen LogP contribution is 2.53. The van der Waals surface area contributed by atoms with Gasteiger partial charge >= 0.3 is 11.9 Å². The van der Waals surface area contributed by atoms with E-state index in [9.17, 15) is 19.7 Å². The minimum Gasteiger partial charge on any atom is -0.426 e. The molecule has 1 heterocycles. The van der Waals surface area contributed by atoms with Gasteiger partial charge in [0, 0.05) is 24.8 Å². The first kappa shape index (κ1) is 26.1. The number of hydrogen-bond donors (Lipinski definition) is 1. The molecule has 182 valence electrons. The van der Waals surface area contributed by atoms with Gasteiger partial charge in [0.05, 0.1) is 25.2 Å². The number of para-hydroxylation sites is 1. The average molecular weight is 527 g/mol. The van der Waals surface area contributed by atoms with E-state index in [0.29, 0.717) is 19.0 Å². The second kappa shape index (κ2) is 12.3. The number of nitrogens with zero attached hydrogens (tertiary/aromatic N) is 2. The highest BCUT2D eigenvalue weighted by molar-refractivity contribution is 8.65. The molecule has 0 N–H and O–H groups in total. The predicted molar refractivity (Wildman–Crippen MR) is 131 cm³/mol. The Morgan fingerprint density at radius 3 is 2.47 bits per heavy atom. The first-order valence-electron chi connectivity index (χ1n) is 10.3. The van der Waals surface area contributed by atoms with Crippen molar-refractivity contribution in [1.82, 2.24) is 4.67 Å². The maximum atomic E-state index is 12.7. The number of morpholine rings is 1. The van der Waals surface area contributed by atoms with Crippen molar-refractivity contribution in [2.45, 2.75) is 12.8 Å².